The second-order valence-electron chi connectivity index (χ2n) is 9.18. The summed E-state index contributed by atoms with van der Waals surface area (Å²) in [7, 11) is 1.61. The number of carbonyl (C=O) groups excluding carboxylic acids is 2. The Morgan fingerprint density at radius 3 is 2.39 bits per heavy atom. The molecule has 3 aromatic rings. The molecular weight excluding hydrogens is 450 g/mol. The number of hydrogen-bond donors (Lipinski definition) is 1. The van der Waals surface area contributed by atoms with E-state index < -0.39 is 0 Å². The molecule has 1 aliphatic heterocycles. The Labute approximate surface area is 213 Å². The van der Waals surface area contributed by atoms with Gasteiger partial charge in [0.15, 0.2) is 0 Å². The summed E-state index contributed by atoms with van der Waals surface area (Å²) in [5.41, 5.74) is 4.78. The number of piperazine rings is 1. The van der Waals surface area contributed by atoms with Crippen LogP contribution in [0.15, 0.2) is 72.8 Å². The number of nitrogens with one attached hydrogen (secondary N) is 1. The fourth-order valence-electron chi connectivity index (χ4n) is 4.53. The second kappa shape index (κ2) is 12.4. The highest BCUT2D eigenvalue weighted by atomic mass is 16.5. The Balaban J connectivity index is 1.42. The molecule has 1 N–H and O–H groups in total. The number of unbranched alkanes of at least 4 members (excludes halogenated alkanes) is 1. The summed E-state index contributed by atoms with van der Waals surface area (Å²) in [6.45, 7) is 6.28. The Kier molecular flexibility index (Phi) is 8.74. The van der Waals surface area contributed by atoms with Gasteiger partial charge >= 0.3 is 0 Å². The lowest BCUT2D eigenvalue weighted by atomic mass is 9.98. The molecular formula is C30H35N3O3. The molecule has 0 atom stereocenters. The van der Waals surface area contributed by atoms with Crippen molar-refractivity contribution in [3.05, 3.63) is 83.9 Å². The van der Waals surface area contributed by atoms with Crippen LogP contribution in [0.3, 0.4) is 0 Å². The monoisotopic (exact) mass is 485 g/mol. The number of amides is 2. The largest absolute Gasteiger partial charge is 0.497 e. The van der Waals surface area contributed by atoms with Crippen LogP contribution in [-0.2, 0) is 11.3 Å². The molecule has 188 valence electrons. The molecule has 0 aliphatic carbocycles. The average Bonchev–Trinajstić information content (AvgIpc) is 2.92. The van der Waals surface area contributed by atoms with Gasteiger partial charge < -0.3 is 15.0 Å². The maximum atomic E-state index is 12.7. The van der Waals surface area contributed by atoms with Gasteiger partial charge in [0.25, 0.3) is 5.91 Å². The molecule has 3 aromatic carbocycles. The van der Waals surface area contributed by atoms with Crippen molar-refractivity contribution in [3.63, 3.8) is 0 Å². The first-order chi connectivity index (χ1) is 17.6. The predicted molar refractivity (Wildman–Crippen MR) is 144 cm³/mol. The molecule has 1 saturated heterocycles. The van der Waals surface area contributed by atoms with Crippen LogP contribution in [0.25, 0.3) is 11.1 Å². The molecule has 6 heteroatoms. The number of rotatable bonds is 9. The SMILES string of the molecule is CCCCC(=O)N1CCN(Cc2ccccc2-c2cccc(NC(=O)c3ccc(OC)cc3)c2)CC1. The van der Waals surface area contributed by atoms with Gasteiger partial charge in [0.1, 0.15) is 5.75 Å². The third kappa shape index (κ3) is 6.52. The number of anilines is 1. The minimum absolute atomic E-state index is 0.158. The third-order valence-electron chi connectivity index (χ3n) is 6.66. The fourth-order valence-corrected chi connectivity index (χ4v) is 4.53. The lowest BCUT2D eigenvalue weighted by molar-refractivity contribution is -0.133. The smallest absolute Gasteiger partial charge is 0.255 e. The Morgan fingerprint density at radius 2 is 1.67 bits per heavy atom. The standard InChI is InChI=1S/C30H35N3O3/c1-3-4-12-29(34)33-19-17-32(18-20-33)22-25-8-5-6-11-28(25)24-9-7-10-26(21-24)31-30(35)23-13-15-27(36-2)16-14-23/h5-11,13-16,21H,3-4,12,17-20,22H2,1-2H3,(H,31,35). The van der Waals surface area contributed by atoms with E-state index in [4.69, 9.17) is 4.74 Å². The minimum atomic E-state index is -0.158. The molecule has 1 aliphatic rings. The fraction of sp³-hybridized carbons (Fsp3) is 0.333. The van der Waals surface area contributed by atoms with Crippen molar-refractivity contribution >= 4 is 17.5 Å². The predicted octanol–water partition coefficient (Wildman–Crippen LogP) is 5.45. The van der Waals surface area contributed by atoms with Gasteiger partial charge in [-0.25, -0.2) is 0 Å². The van der Waals surface area contributed by atoms with Gasteiger partial charge in [-0.05, 0) is 59.5 Å². The Bertz CT molecular complexity index is 1170. The Hall–Kier alpha value is -3.64. The van der Waals surface area contributed by atoms with Gasteiger partial charge in [-0.3, -0.25) is 14.5 Å². The van der Waals surface area contributed by atoms with E-state index >= 15 is 0 Å². The molecule has 6 nitrogen and oxygen atoms in total. The van der Waals surface area contributed by atoms with Crippen molar-refractivity contribution in [2.45, 2.75) is 32.7 Å². The van der Waals surface area contributed by atoms with E-state index in [-0.39, 0.29) is 11.8 Å². The molecule has 0 bridgehead atoms. The van der Waals surface area contributed by atoms with Crippen LogP contribution < -0.4 is 10.1 Å². The highest BCUT2D eigenvalue weighted by molar-refractivity contribution is 6.04. The molecule has 1 heterocycles. The first kappa shape index (κ1) is 25.5. The summed E-state index contributed by atoms with van der Waals surface area (Å²) in [5, 5.41) is 3.01. The number of methoxy groups -OCH3 is 1. The summed E-state index contributed by atoms with van der Waals surface area (Å²) in [4.78, 5) is 29.5. The summed E-state index contributed by atoms with van der Waals surface area (Å²) >= 11 is 0. The van der Waals surface area contributed by atoms with Gasteiger partial charge in [0, 0.05) is 50.4 Å². The first-order valence-electron chi connectivity index (χ1n) is 12.7. The highest BCUT2D eigenvalue weighted by Crippen LogP contribution is 2.28. The zero-order chi connectivity index (χ0) is 25.3. The summed E-state index contributed by atoms with van der Waals surface area (Å²) in [6, 6.07) is 23.4. The van der Waals surface area contributed by atoms with Crippen LogP contribution in [0.2, 0.25) is 0 Å². The van der Waals surface area contributed by atoms with Crippen LogP contribution in [0.5, 0.6) is 5.75 Å². The molecule has 2 amide bonds. The zero-order valence-corrected chi connectivity index (χ0v) is 21.2. The van der Waals surface area contributed by atoms with Crippen molar-refractivity contribution in [2.24, 2.45) is 0 Å². The maximum absolute atomic E-state index is 12.7. The van der Waals surface area contributed by atoms with E-state index in [9.17, 15) is 9.59 Å². The summed E-state index contributed by atoms with van der Waals surface area (Å²) in [5.74, 6) is 0.842. The molecule has 0 saturated carbocycles. The van der Waals surface area contributed by atoms with Crippen LogP contribution >= 0.6 is 0 Å². The lowest BCUT2D eigenvalue weighted by Crippen LogP contribution is -2.48. The number of hydrogen-bond acceptors (Lipinski definition) is 4. The van der Waals surface area contributed by atoms with E-state index in [1.165, 1.54) is 5.56 Å². The van der Waals surface area contributed by atoms with Gasteiger partial charge in [-0.2, -0.15) is 0 Å². The van der Waals surface area contributed by atoms with Crippen molar-refractivity contribution in [1.82, 2.24) is 9.80 Å². The van der Waals surface area contributed by atoms with Gasteiger partial charge in [0.2, 0.25) is 5.91 Å². The van der Waals surface area contributed by atoms with E-state index in [1.807, 2.05) is 29.2 Å². The maximum Gasteiger partial charge on any atom is 0.255 e. The van der Waals surface area contributed by atoms with E-state index in [1.54, 1.807) is 31.4 Å². The number of carbonyl (C=O) groups is 2. The second-order valence-corrected chi connectivity index (χ2v) is 9.18. The molecule has 0 unspecified atom stereocenters. The molecule has 4 rings (SSSR count). The van der Waals surface area contributed by atoms with E-state index in [2.05, 4.69) is 41.4 Å². The van der Waals surface area contributed by atoms with Gasteiger partial charge in [0.05, 0.1) is 7.11 Å². The lowest BCUT2D eigenvalue weighted by Gasteiger charge is -2.35. The topological polar surface area (TPSA) is 61.9 Å². The number of nitrogens with zero attached hydrogens (tertiary/aromatic N) is 2. The Morgan fingerprint density at radius 1 is 0.917 bits per heavy atom. The molecule has 0 radical (unpaired) electrons. The van der Waals surface area contributed by atoms with Crippen LogP contribution in [0.4, 0.5) is 5.69 Å². The van der Waals surface area contributed by atoms with Crippen LogP contribution in [-0.4, -0.2) is 54.9 Å². The zero-order valence-electron chi connectivity index (χ0n) is 21.2. The normalized spacial score (nSPS) is 13.9. The van der Waals surface area contributed by atoms with Crippen molar-refractivity contribution < 1.29 is 14.3 Å². The van der Waals surface area contributed by atoms with Crippen LogP contribution in [0, 0.1) is 0 Å². The van der Waals surface area contributed by atoms with Crippen molar-refractivity contribution in [1.29, 1.82) is 0 Å². The molecule has 0 spiro atoms. The van der Waals surface area contributed by atoms with Crippen LogP contribution in [0.1, 0.15) is 42.1 Å². The minimum Gasteiger partial charge on any atom is -0.497 e. The highest BCUT2D eigenvalue weighted by Gasteiger charge is 2.21. The third-order valence-corrected chi connectivity index (χ3v) is 6.66. The summed E-state index contributed by atoms with van der Waals surface area (Å²) in [6.07, 6.45) is 2.67. The average molecular weight is 486 g/mol. The number of benzene rings is 3. The molecule has 0 aromatic heterocycles. The van der Waals surface area contributed by atoms with Gasteiger partial charge in [-0.15, -0.1) is 0 Å². The van der Waals surface area contributed by atoms with Crippen molar-refractivity contribution in [2.75, 3.05) is 38.6 Å². The first-order valence-corrected chi connectivity index (χ1v) is 12.7. The van der Waals surface area contributed by atoms with E-state index in [0.29, 0.717) is 12.0 Å². The summed E-state index contributed by atoms with van der Waals surface area (Å²) < 4.78 is 5.17. The molecule has 36 heavy (non-hydrogen) atoms. The van der Waals surface area contributed by atoms with Gasteiger partial charge in [-0.1, -0.05) is 49.7 Å². The van der Waals surface area contributed by atoms with E-state index in [0.717, 1.165) is 68.1 Å². The van der Waals surface area contributed by atoms with Crippen molar-refractivity contribution in [3.8, 4) is 16.9 Å². The molecule has 1 fully saturated rings. The number of ether oxygens (including phenoxy) is 1. The quantitative estimate of drug-likeness (QED) is 0.438.